The fraction of sp³-hybridized carbons (Fsp3) is 0.294. The third-order valence-electron chi connectivity index (χ3n) is 3.77. The molecule has 1 aliphatic carbocycles. The summed E-state index contributed by atoms with van der Waals surface area (Å²) in [6.07, 6.45) is 4.64. The highest BCUT2D eigenvalue weighted by Gasteiger charge is 2.15. The van der Waals surface area contributed by atoms with Gasteiger partial charge in [-0.15, -0.1) is 0 Å². The van der Waals surface area contributed by atoms with E-state index >= 15 is 0 Å². The number of rotatable bonds is 3. The van der Waals surface area contributed by atoms with E-state index in [2.05, 4.69) is 12.1 Å². The molecule has 1 aliphatic rings. The summed E-state index contributed by atoms with van der Waals surface area (Å²) in [4.78, 5) is 0. The molecule has 2 aromatic carbocycles. The molecule has 2 radical (unpaired) electrons. The van der Waals surface area contributed by atoms with Crippen molar-refractivity contribution in [2.45, 2.75) is 32.3 Å². The van der Waals surface area contributed by atoms with Gasteiger partial charge in [0.05, 0.1) is 0 Å². The Hall–Kier alpha value is -1.70. The summed E-state index contributed by atoms with van der Waals surface area (Å²) >= 11 is 0. The van der Waals surface area contributed by atoms with Crippen LogP contribution in [0.1, 0.15) is 29.5 Å². The zero-order valence-electron chi connectivity index (χ0n) is 11.1. The van der Waals surface area contributed by atoms with Gasteiger partial charge in [-0.05, 0) is 48.4 Å². The first-order chi connectivity index (χ1) is 9.34. The Kier molecular flexibility index (Phi) is 3.59. The van der Waals surface area contributed by atoms with E-state index < -0.39 is 0 Å². The molecule has 0 amide bonds. The van der Waals surface area contributed by atoms with Gasteiger partial charge in [0, 0.05) is 0 Å². The molecule has 0 bridgehead atoms. The van der Waals surface area contributed by atoms with Crippen molar-refractivity contribution < 1.29 is 4.74 Å². The first-order valence-electron chi connectivity index (χ1n) is 6.91. The van der Waals surface area contributed by atoms with Gasteiger partial charge in [-0.3, -0.25) is 0 Å². The summed E-state index contributed by atoms with van der Waals surface area (Å²) in [5, 5.41) is 0. The standard InChI is InChI=1S/C17H17BO/c18-16-10-11-17(15-9-5-4-8-14(15)16)19-12-13-6-2-1-3-7-13/h1-3,6-7,10-11H,4-5,8-9,12H2. The molecule has 2 heteroatoms. The van der Waals surface area contributed by atoms with Gasteiger partial charge in [0.2, 0.25) is 0 Å². The lowest BCUT2D eigenvalue weighted by molar-refractivity contribution is 0.301. The largest absolute Gasteiger partial charge is 0.489 e. The molecule has 0 heterocycles. The lowest BCUT2D eigenvalue weighted by Gasteiger charge is -2.22. The van der Waals surface area contributed by atoms with Crippen LogP contribution in [0.25, 0.3) is 0 Å². The molecule has 0 aromatic heterocycles. The van der Waals surface area contributed by atoms with E-state index in [0.717, 1.165) is 24.1 Å². The maximum atomic E-state index is 6.06. The molecule has 0 aliphatic heterocycles. The summed E-state index contributed by atoms with van der Waals surface area (Å²) in [6.45, 7) is 0.622. The fourth-order valence-electron chi connectivity index (χ4n) is 2.73. The van der Waals surface area contributed by atoms with Crippen LogP contribution in [0.2, 0.25) is 0 Å². The van der Waals surface area contributed by atoms with Crippen LogP contribution in [0.15, 0.2) is 42.5 Å². The van der Waals surface area contributed by atoms with Crippen LogP contribution >= 0.6 is 0 Å². The van der Waals surface area contributed by atoms with Crippen LogP contribution in [-0.2, 0) is 19.4 Å². The van der Waals surface area contributed by atoms with E-state index in [-0.39, 0.29) is 0 Å². The van der Waals surface area contributed by atoms with Crippen molar-refractivity contribution in [3.05, 3.63) is 59.2 Å². The number of fused-ring (bicyclic) bond motifs is 1. The first-order valence-corrected chi connectivity index (χ1v) is 6.91. The smallest absolute Gasteiger partial charge is 0.123 e. The quantitative estimate of drug-likeness (QED) is 0.759. The van der Waals surface area contributed by atoms with E-state index in [0.29, 0.717) is 6.61 Å². The summed E-state index contributed by atoms with van der Waals surface area (Å²) in [5.41, 5.74) is 4.74. The summed E-state index contributed by atoms with van der Waals surface area (Å²) in [5.74, 6) is 1.01. The van der Waals surface area contributed by atoms with Gasteiger partial charge in [0.25, 0.3) is 0 Å². The average Bonchev–Trinajstić information content (AvgIpc) is 2.48. The van der Waals surface area contributed by atoms with Crippen LogP contribution in [0.5, 0.6) is 5.75 Å². The van der Waals surface area contributed by atoms with Crippen LogP contribution in [0.3, 0.4) is 0 Å². The predicted molar refractivity (Wildman–Crippen MR) is 79.2 cm³/mol. The van der Waals surface area contributed by atoms with Gasteiger partial charge in [-0.1, -0.05) is 41.9 Å². The minimum Gasteiger partial charge on any atom is -0.489 e. The minimum absolute atomic E-state index is 0.622. The average molecular weight is 248 g/mol. The second-order valence-corrected chi connectivity index (χ2v) is 5.09. The van der Waals surface area contributed by atoms with Crippen molar-refractivity contribution in [3.8, 4) is 5.75 Å². The number of ether oxygens (including phenoxy) is 1. The molecule has 19 heavy (non-hydrogen) atoms. The van der Waals surface area contributed by atoms with E-state index in [4.69, 9.17) is 12.6 Å². The maximum absolute atomic E-state index is 6.06. The van der Waals surface area contributed by atoms with Gasteiger partial charge in [0.1, 0.15) is 20.2 Å². The molecule has 0 fully saturated rings. The van der Waals surface area contributed by atoms with Crippen molar-refractivity contribution >= 4 is 13.3 Å². The SMILES string of the molecule is [B]c1ccc(OCc2ccccc2)c2c1CCCC2. The maximum Gasteiger partial charge on any atom is 0.123 e. The third kappa shape index (κ3) is 2.68. The number of hydrogen-bond donors (Lipinski definition) is 0. The first kappa shape index (κ1) is 12.3. The lowest BCUT2D eigenvalue weighted by atomic mass is 9.80. The van der Waals surface area contributed by atoms with Crippen molar-refractivity contribution in [1.82, 2.24) is 0 Å². The fourth-order valence-corrected chi connectivity index (χ4v) is 2.73. The summed E-state index contributed by atoms with van der Waals surface area (Å²) in [7, 11) is 6.06. The number of benzene rings is 2. The Bertz CT molecular complexity index is 563. The molecular formula is C17H17BO. The van der Waals surface area contributed by atoms with Crippen LogP contribution in [-0.4, -0.2) is 7.85 Å². The Morgan fingerprint density at radius 3 is 2.42 bits per heavy atom. The van der Waals surface area contributed by atoms with Crippen molar-refractivity contribution in [3.63, 3.8) is 0 Å². The molecule has 3 rings (SSSR count). The lowest BCUT2D eigenvalue weighted by Crippen LogP contribution is -2.18. The molecule has 1 nitrogen and oxygen atoms in total. The van der Waals surface area contributed by atoms with E-state index in [1.54, 1.807) is 0 Å². The van der Waals surface area contributed by atoms with Gasteiger partial charge in [-0.25, -0.2) is 0 Å². The van der Waals surface area contributed by atoms with Gasteiger partial charge in [-0.2, -0.15) is 0 Å². The summed E-state index contributed by atoms with van der Waals surface area (Å²) in [6, 6.07) is 14.3. The zero-order chi connectivity index (χ0) is 13.1. The minimum atomic E-state index is 0.622. The Morgan fingerprint density at radius 1 is 0.895 bits per heavy atom. The third-order valence-corrected chi connectivity index (χ3v) is 3.77. The molecule has 0 saturated heterocycles. The molecule has 0 unspecified atom stereocenters. The monoisotopic (exact) mass is 248 g/mol. The van der Waals surface area contributed by atoms with Crippen LogP contribution < -0.4 is 10.2 Å². The Balaban J connectivity index is 1.81. The second kappa shape index (κ2) is 5.52. The second-order valence-electron chi connectivity index (χ2n) is 5.09. The molecule has 0 N–H and O–H groups in total. The highest BCUT2D eigenvalue weighted by atomic mass is 16.5. The molecule has 94 valence electrons. The topological polar surface area (TPSA) is 9.23 Å². The zero-order valence-corrected chi connectivity index (χ0v) is 11.1. The van der Waals surface area contributed by atoms with E-state index in [1.807, 2.05) is 30.3 Å². The van der Waals surface area contributed by atoms with E-state index in [9.17, 15) is 0 Å². The molecule has 0 saturated carbocycles. The molecule has 0 spiro atoms. The molecule has 0 atom stereocenters. The van der Waals surface area contributed by atoms with Gasteiger partial charge < -0.3 is 4.74 Å². The highest BCUT2D eigenvalue weighted by Crippen LogP contribution is 2.28. The van der Waals surface area contributed by atoms with Crippen molar-refractivity contribution in [1.29, 1.82) is 0 Å². The van der Waals surface area contributed by atoms with Crippen molar-refractivity contribution in [2.75, 3.05) is 0 Å². The normalized spacial score (nSPS) is 13.9. The van der Waals surface area contributed by atoms with Gasteiger partial charge >= 0.3 is 0 Å². The van der Waals surface area contributed by atoms with Crippen molar-refractivity contribution in [2.24, 2.45) is 0 Å². The van der Waals surface area contributed by atoms with Gasteiger partial charge in [0.15, 0.2) is 0 Å². The molecule has 2 aromatic rings. The Labute approximate surface area is 116 Å². The molecular weight excluding hydrogens is 231 g/mol. The highest BCUT2D eigenvalue weighted by molar-refractivity contribution is 6.33. The summed E-state index contributed by atoms with van der Waals surface area (Å²) < 4.78 is 5.99. The van der Waals surface area contributed by atoms with Crippen LogP contribution in [0, 0.1) is 0 Å². The number of hydrogen-bond acceptors (Lipinski definition) is 1. The van der Waals surface area contributed by atoms with E-state index in [1.165, 1.54) is 29.5 Å². The van der Waals surface area contributed by atoms with Crippen LogP contribution in [0.4, 0.5) is 0 Å². The Morgan fingerprint density at radius 2 is 1.63 bits per heavy atom. The predicted octanol–water partition coefficient (Wildman–Crippen LogP) is 2.94.